The monoisotopic (exact) mass is 224 g/mol. The molecule has 4 heteroatoms. The zero-order valence-electron chi connectivity index (χ0n) is 9.14. The molecule has 0 radical (unpaired) electrons. The van der Waals surface area contributed by atoms with Gasteiger partial charge in [0.1, 0.15) is 0 Å². The summed E-state index contributed by atoms with van der Waals surface area (Å²) in [4.78, 5) is 0. The van der Waals surface area contributed by atoms with Crippen LogP contribution in [0, 0.1) is 0 Å². The molecule has 0 saturated carbocycles. The van der Waals surface area contributed by atoms with E-state index in [1.54, 1.807) is 0 Å². The predicted octanol–water partition coefficient (Wildman–Crippen LogP) is 1.54. The zero-order chi connectivity index (χ0) is 12.0. The molecule has 0 amide bonds. The van der Waals surface area contributed by atoms with Gasteiger partial charge in [0.05, 0.1) is 5.71 Å². The van der Waals surface area contributed by atoms with Crippen molar-refractivity contribution in [3.63, 3.8) is 0 Å². The third-order valence-electron chi connectivity index (χ3n) is 3.02. The number of hydrogen-bond acceptors (Lipinski definition) is 4. The Labute approximate surface area is 98.7 Å². The lowest BCUT2D eigenvalue weighted by molar-refractivity contribution is 1.25. The SMILES string of the molecule is N/N=C1/c2cc(N)ccc2-c2cc(N)ccc21. The Morgan fingerprint density at radius 3 is 1.94 bits per heavy atom. The van der Waals surface area contributed by atoms with Crippen LogP contribution < -0.4 is 17.3 Å². The summed E-state index contributed by atoms with van der Waals surface area (Å²) < 4.78 is 0. The van der Waals surface area contributed by atoms with Gasteiger partial charge in [0.2, 0.25) is 0 Å². The van der Waals surface area contributed by atoms with Gasteiger partial charge in [-0.3, -0.25) is 0 Å². The van der Waals surface area contributed by atoms with Gasteiger partial charge < -0.3 is 17.3 Å². The molecule has 0 atom stereocenters. The van der Waals surface area contributed by atoms with Gasteiger partial charge in [-0.1, -0.05) is 12.1 Å². The third kappa shape index (κ3) is 1.27. The Balaban J connectivity index is 2.38. The molecule has 6 N–H and O–H groups in total. The van der Waals surface area contributed by atoms with E-state index < -0.39 is 0 Å². The predicted molar refractivity (Wildman–Crippen MR) is 70.5 cm³/mol. The minimum atomic E-state index is 0.700. The maximum atomic E-state index is 5.81. The highest BCUT2D eigenvalue weighted by Crippen LogP contribution is 2.38. The second kappa shape index (κ2) is 3.25. The van der Waals surface area contributed by atoms with Crippen molar-refractivity contribution in [2.75, 3.05) is 11.5 Å². The summed E-state index contributed by atoms with van der Waals surface area (Å²) >= 11 is 0. The molecule has 0 spiro atoms. The van der Waals surface area contributed by atoms with Gasteiger partial charge in [-0.15, -0.1) is 0 Å². The van der Waals surface area contributed by atoms with E-state index in [1.165, 1.54) is 0 Å². The van der Waals surface area contributed by atoms with Crippen LogP contribution in [0.25, 0.3) is 11.1 Å². The van der Waals surface area contributed by atoms with Crippen LogP contribution >= 0.6 is 0 Å². The van der Waals surface area contributed by atoms with Crippen LogP contribution in [0.1, 0.15) is 11.1 Å². The smallest absolute Gasteiger partial charge is 0.0984 e. The second-order valence-electron chi connectivity index (χ2n) is 4.09. The normalized spacial score (nSPS) is 14.7. The molecular weight excluding hydrogens is 212 g/mol. The van der Waals surface area contributed by atoms with Gasteiger partial charge in [-0.25, -0.2) is 0 Å². The van der Waals surface area contributed by atoms with Crippen molar-refractivity contribution >= 4 is 17.1 Å². The molecule has 4 nitrogen and oxygen atoms in total. The molecular formula is C13H12N4. The average Bonchev–Trinajstić information content (AvgIpc) is 2.61. The standard InChI is InChI=1S/C13H12N4/c14-7-2-4-10-11(5-7)9-3-1-8(15)6-12(9)13(10)17-16/h1-6H,14-16H2/b17-13+. The molecule has 0 saturated heterocycles. The highest BCUT2D eigenvalue weighted by Gasteiger charge is 2.24. The number of hydrazone groups is 1. The average molecular weight is 224 g/mol. The molecule has 2 aromatic rings. The summed E-state index contributed by atoms with van der Waals surface area (Å²) in [6.45, 7) is 0. The highest BCUT2D eigenvalue weighted by atomic mass is 15.1. The summed E-state index contributed by atoms with van der Waals surface area (Å²) in [6, 6.07) is 11.4. The highest BCUT2D eigenvalue weighted by molar-refractivity contribution is 6.25. The number of benzene rings is 2. The number of anilines is 2. The lowest BCUT2D eigenvalue weighted by Gasteiger charge is -2.01. The lowest BCUT2D eigenvalue weighted by Crippen LogP contribution is -2.02. The van der Waals surface area contributed by atoms with Gasteiger partial charge in [-0.2, -0.15) is 5.10 Å². The minimum Gasteiger partial charge on any atom is -0.399 e. The number of fused-ring (bicyclic) bond motifs is 3. The van der Waals surface area contributed by atoms with Gasteiger partial charge >= 0.3 is 0 Å². The fourth-order valence-corrected chi connectivity index (χ4v) is 2.27. The maximum absolute atomic E-state index is 5.81. The van der Waals surface area contributed by atoms with E-state index >= 15 is 0 Å². The van der Waals surface area contributed by atoms with E-state index in [0.717, 1.165) is 33.7 Å². The van der Waals surface area contributed by atoms with Crippen LogP contribution in [-0.4, -0.2) is 5.71 Å². The minimum absolute atomic E-state index is 0.700. The van der Waals surface area contributed by atoms with Crippen LogP contribution in [0.4, 0.5) is 11.4 Å². The topological polar surface area (TPSA) is 90.4 Å². The van der Waals surface area contributed by atoms with Crippen molar-refractivity contribution < 1.29 is 0 Å². The summed E-state index contributed by atoms with van der Waals surface area (Å²) in [5, 5.41) is 3.86. The van der Waals surface area contributed by atoms with Crippen molar-refractivity contribution in [3.05, 3.63) is 47.5 Å². The van der Waals surface area contributed by atoms with Gasteiger partial charge in [0.15, 0.2) is 0 Å². The molecule has 3 rings (SSSR count). The first kappa shape index (κ1) is 9.72. The summed E-state index contributed by atoms with van der Waals surface area (Å²) in [5.41, 5.74) is 17.9. The zero-order valence-corrected chi connectivity index (χ0v) is 9.14. The van der Waals surface area contributed by atoms with Crippen LogP contribution in [-0.2, 0) is 0 Å². The van der Waals surface area contributed by atoms with Crippen molar-refractivity contribution in [3.8, 4) is 11.1 Å². The Kier molecular flexibility index (Phi) is 1.86. The molecule has 84 valence electrons. The van der Waals surface area contributed by atoms with E-state index in [0.29, 0.717) is 5.69 Å². The first-order chi connectivity index (χ1) is 8.20. The molecule has 0 fully saturated rings. The van der Waals surface area contributed by atoms with Crippen LogP contribution in [0.2, 0.25) is 0 Å². The number of nitrogens with zero attached hydrogens (tertiary/aromatic N) is 1. The molecule has 0 aliphatic heterocycles. The van der Waals surface area contributed by atoms with E-state index in [9.17, 15) is 0 Å². The molecule has 1 aliphatic carbocycles. The van der Waals surface area contributed by atoms with E-state index in [4.69, 9.17) is 17.3 Å². The molecule has 0 unspecified atom stereocenters. The number of nitrogens with two attached hydrogens (primary N) is 3. The Morgan fingerprint density at radius 1 is 0.706 bits per heavy atom. The van der Waals surface area contributed by atoms with Gasteiger partial charge in [-0.05, 0) is 35.4 Å². The van der Waals surface area contributed by atoms with Crippen LogP contribution in [0.15, 0.2) is 41.5 Å². The van der Waals surface area contributed by atoms with Crippen LogP contribution in [0.3, 0.4) is 0 Å². The molecule has 0 heterocycles. The summed E-state index contributed by atoms with van der Waals surface area (Å²) in [6.07, 6.45) is 0. The lowest BCUT2D eigenvalue weighted by atomic mass is 10.1. The van der Waals surface area contributed by atoms with Gasteiger partial charge in [0, 0.05) is 22.5 Å². The fraction of sp³-hybridized carbons (Fsp3) is 0. The Hall–Kier alpha value is -2.49. The third-order valence-corrected chi connectivity index (χ3v) is 3.02. The van der Waals surface area contributed by atoms with E-state index in [-0.39, 0.29) is 0 Å². The molecule has 0 bridgehead atoms. The van der Waals surface area contributed by atoms with Crippen molar-refractivity contribution in [2.45, 2.75) is 0 Å². The first-order valence-electron chi connectivity index (χ1n) is 5.29. The maximum Gasteiger partial charge on any atom is 0.0984 e. The summed E-state index contributed by atoms with van der Waals surface area (Å²) in [7, 11) is 0. The van der Waals surface area contributed by atoms with E-state index in [1.807, 2.05) is 36.4 Å². The van der Waals surface area contributed by atoms with E-state index in [2.05, 4.69) is 5.10 Å². The van der Waals surface area contributed by atoms with Crippen molar-refractivity contribution in [2.24, 2.45) is 10.9 Å². The first-order valence-corrected chi connectivity index (χ1v) is 5.29. The Morgan fingerprint density at radius 2 is 1.29 bits per heavy atom. The molecule has 17 heavy (non-hydrogen) atoms. The Bertz CT molecular complexity index is 644. The molecule has 0 aromatic heterocycles. The second-order valence-corrected chi connectivity index (χ2v) is 4.09. The largest absolute Gasteiger partial charge is 0.399 e. The van der Waals surface area contributed by atoms with Crippen LogP contribution in [0.5, 0.6) is 0 Å². The number of hydrogen-bond donors (Lipinski definition) is 3. The van der Waals surface area contributed by atoms with Crippen molar-refractivity contribution in [1.82, 2.24) is 0 Å². The number of nitrogen functional groups attached to an aromatic ring is 2. The van der Waals surface area contributed by atoms with Crippen molar-refractivity contribution in [1.29, 1.82) is 0 Å². The quantitative estimate of drug-likeness (QED) is 0.307. The summed E-state index contributed by atoms with van der Waals surface area (Å²) in [5.74, 6) is 5.47. The molecule has 1 aliphatic rings. The van der Waals surface area contributed by atoms with Gasteiger partial charge in [0.25, 0.3) is 0 Å². The fourth-order valence-electron chi connectivity index (χ4n) is 2.27. The molecule has 2 aromatic carbocycles. The number of rotatable bonds is 0.